The minimum Gasteiger partial charge on any atom is -0.493 e. The van der Waals surface area contributed by atoms with Crippen LogP contribution in [-0.4, -0.2) is 41.6 Å². The molecule has 4 aromatic rings. The van der Waals surface area contributed by atoms with Gasteiger partial charge >= 0.3 is 11.8 Å². The quantitative estimate of drug-likeness (QED) is 0.483. The second-order valence-corrected chi connectivity index (χ2v) is 6.13. The van der Waals surface area contributed by atoms with Crippen molar-refractivity contribution in [1.82, 2.24) is 20.3 Å². The third-order valence-corrected chi connectivity index (χ3v) is 4.27. The second kappa shape index (κ2) is 7.63. The van der Waals surface area contributed by atoms with Crippen LogP contribution in [-0.2, 0) is 0 Å². The van der Waals surface area contributed by atoms with Crippen LogP contribution in [0.3, 0.4) is 0 Å². The third kappa shape index (κ3) is 3.49. The van der Waals surface area contributed by atoms with E-state index in [0.717, 1.165) is 11.1 Å². The first kappa shape index (κ1) is 18.5. The predicted molar refractivity (Wildman–Crippen MR) is 103 cm³/mol. The van der Waals surface area contributed by atoms with Gasteiger partial charge in [0.15, 0.2) is 11.5 Å². The van der Waals surface area contributed by atoms with Crippen LogP contribution < -0.4 is 14.2 Å². The van der Waals surface area contributed by atoms with Crippen molar-refractivity contribution in [2.45, 2.75) is 6.92 Å². The molecule has 0 aliphatic rings. The molecule has 0 atom stereocenters. The Morgan fingerprint density at radius 2 is 1.21 bits per heavy atom. The van der Waals surface area contributed by atoms with Crippen molar-refractivity contribution in [3.63, 3.8) is 0 Å². The molecule has 0 saturated carbocycles. The molecule has 0 saturated heterocycles. The fraction of sp³-hybridized carbons (Fsp3) is 0.200. The summed E-state index contributed by atoms with van der Waals surface area (Å²) in [5.74, 6) is 2.43. The monoisotopic (exact) mass is 394 g/mol. The SMILES string of the molecule is COc1cc(-c2noc(-c3nc(-c4ccc(C)cc4)no3)n2)cc(OC)c1OC. The molecular weight excluding hydrogens is 376 g/mol. The molecule has 0 unspecified atom stereocenters. The number of rotatable bonds is 6. The fourth-order valence-corrected chi connectivity index (χ4v) is 2.77. The molecule has 0 aliphatic carbocycles. The van der Waals surface area contributed by atoms with E-state index in [9.17, 15) is 0 Å². The molecule has 148 valence electrons. The van der Waals surface area contributed by atoms with Gasteiger partial charge < -0.3 is 23.3 Å². The molecule has 0 spiro atoms. The summed E-state index contributed by atoms with van der Waals surface area (Å²) in [5.41, 5.74) is 2.59. The Kier molecular flexibility index (Phi) is 4.86. The Morgan fingerprint density at radius 3 is 1.69 bits per heavy atom. The summed E-state index contributed by atoms with van der Waals surface area (Å²) in [7, 11) is 4.61. The van der Waals surface area contributed by atoms with Gasteiger partial charge in [-0.1, -0.05) is 40.1 Å². The van der Waals surface area contributed by atoms with Gasteiger partial charge in [-0.3, -0.25) is 0 Å². The van der Waals surface area contributed by atoms with Crippen LogP contribution in [0.2, 0.25) is 0 Å². The van der Waals surface area contributed by atoms with Crippen molar-refractivity contribution in [3.8, 4) is 51.8 Å². The maximum atomic E-state index is 5.36. The van der Waals surface area contributed by atoms with Crippen LogP contribution in [0.1, 0.15) is 5.56 Å². The van der Waals surface area contributed by atoms with Gasteiger partial charge in [-0.2, -0.15) is 9.97 Å². The summed E-state index contributed by atoms with van der Waals surface area (Å²) in [6, 6.07) is 11.2. The van der Waals surface area contributed by atoms with Gasteiger partial charge in [0.1, 0.15) is 0 Å². The number of hydrogen-bond donors (Lipinski definition) is 0. The molecule has 2 aromatic heterocycles. The third-order valence-electron chi connectivity index (χ3n) is 4.27. The fourth-order valence-electron chi connectivity index (χ4n) is 2.77. The van der Waals surface area contributed by atoms with Crippen LogP contribution in [0.4, 0.5) is 0 Å². The van der Waals surface area contributed by atoms with Crippen LogP contribution >= 0.6 is 0 Å². The number of hydrogen-bond acceptors (Lipinski definition) is 9. The van der Waals surface area contributed by atoms with Gasteiger partial charge in [0.2, 0.25) is 17.4 Å². The lowest BCUT2D eigenvalue weighted by Gasteiger charge is -2.12. The number of aromatic nitrogens is 4. The summed E-state index contributed by atoms with van der Waals surface area (Å²) < 4.78 is 26.6. The summed E-state index contributed by atoms with van der Waals surface area (Å²) in [6.07, 6.45) is 0. The van der Waals surface area contributed by atoms with E-state index in [0.29, 0.717) is 34.5 Å². The van der Waals surface area contributed by atoms with E-state index >= 15 is 0 Å². The summed E-state index contributed by atoms with van der Waals surface area (Å²) in [5, 5.41) is 7.98. The standard InChI is InChI=1S/C20H18N4O5/c1-11-5-7-12(8-6-11)17-21-19(28-23-17)20-22-18(24-29-20)13-9-14(25-2)16(27-4)15(10-13)26-3/h5-10H,1-4H3. The number of ether oxygens (including phenoxy) is 3. The van der Waals surface area contributed by atoms with Crippen LogP contribution in [0.5, 0.6) is 17.2 Å². The highest BCUT2D eigenvalue weighted by Gasteiger charge is 2.21. The van der Waals surface area contributed by atoms with Crippen molar-refractivity contribution in [3.05, 3.63) is 42.0 Å². The molecule has 0 radical (unpaired) electrons. The van der Waals surface area contributed by atoms with Crippen molar-refractivity contribution in [1.29, 1.82) is 0 Å². The Balaban J connectivity index is 1.66. The van der Waals surface area contributed by atoms with Crippen molar-refractivity contribution < 1.29 is 23.3 Å². The predicted octanol–water partition coefficient (Wildman–Crippen LogP) is 3.79. The van der Waals surface area contributed by atoms with Gasteiger partial charge in [0, 0.05) is 11.1 Å². The first-order valence-electron chi connectivity index (χ1n) is 8.68. The van der Waals surface area contributed by atoms with Crippen LogP contribution in [0.15, 0.2) is 45.4 Å². The molecule has 29 heavy (non-hydrogen) atoms. The minimum absolute atomic E-state index is 0.111. The smallest absolute Gasteiger partial charge is 0.316 e. The normalized spacial score (nSPS) is 10.8. The Morgan fingerprint density at radius 1 is 0.690 bits per heavy atom. The highest BCUT2D eigenvalue weighted by atomic mass is 16.5. The first-order valence-corrected chi connectivity index (χ1v) is 8.68. The van der Waals surface area contributed by atoms with E-state index in [2.05, 4.69) is 20.3 Å². The van der Waals surface area contributed by atoms with E-state index in [1.807, 2.05) is 31.2 Å². The first-order chi connectivity index (χ1) is 14.1. The van der Waals surface area contributed by atoms with Crippen molar-refractivity contribution in [2.75, 3.05) is 21.3 Å². The van der Waals surface area contributed by atoms with E-state index in [1.54, 1.807) is 12.1 Å². The molecule has 0 aliphatic heterocycles. The van der Waals surface area contributed by atoms with Gasteiger partial charge in [0.05, 0.1) is 21.3 Å². The largest absolute Gasteiger partial charge is 0.493 e. The molecule has 2 aromatic carbocycles. The van der Waals surface area contributed by atoms with Gasteiger partial charge in [-0.05, 0) is 19.1 Å². The molecular formula is C20H18N4O5. The highest BCUT2D eigenvalue weighted by Crippen LogP contribution is 2.40. The van der Waals surface area contributed by atoms with E-state index < -0.39 is 0 Å². The number of methoxy groups -OCH3 is 3. The number of nitrogens with zero attached hydrogens (tertiary/aromatic N) is 4. The average Bonchev–Trinajstić information content (AvgIpc) is 3.43. The minimum atomic E-state index is 0.111. The van der Waals surface area contributed by atoms with Crippen molar-refractivity contribution in [2.24, 2.45) is 0 Å². The Hall–Kier alpha value is -3.88. The second-order valence-electron chi connectivity index (χ2n) is 6.13. The molecule has 0 fully saturated rings. The van der Waals surface area contributed by atoms with E-state index in [4.69, 9.17) is 23.3 Å². The van der Waals surface area contributed by atoms with Gasteiger partial charge in [-0.15, -0.1) is 0 Å². The maximum absolute atomic E-state index is 5.36. The lowest BCUT2D eigenvalue weighted by Crippen LogP contribution is -1.96. The molecule has 2 heterocycles. The summed E-state index contributed by atoms with van der Waals surface area (Å²) >= 11 is 0. The zero-order valence-corrected chi connectivity index (χ0v) is 16.3. The molecule has 9 heteroatoms. The molecule has 0 bridgehead atoms. The van der Waals surface area contributed by atoms with E-state index in [-0.39, 0.29) is 11.8 Å². The van der Waals surface area contributed by atoms with Crippen LogP contribution in [0.25, 0.3) is 34.6 Å². The number of benzene rings is 2. The van der Waals surface area contributed by atoms with E-state index in [1.165, 1.54) is 21.3 Å². The molecule has 0 amide bonds. The average molecular weight is 394 g/mol. The van der Waals surface area contributed by atoms with Crippen molar-refractivity contribution >= 4 is 0 Å². The lowest BCUT2D eigenvalue weighted by atomic mass is 10.1. The number of aryl methyl sites for hydroxylation is 1. The summed E-state index contributed by atoms with van der Waals surface area (Å²) in [6.45, 7) is 2.01. The molecule has 9 nitrogen and oxygen atoms in total. The highest BCUT2D eigenvalue weighted by molar-refractivity contribution is 5.67. The van der Waals surface area contributed by atoms with Crippen LogP contribution in [0, 0.1) is 6.92 Å². The molecule has 0 N–H and O–H groups in total. The van der Waals surface area contributed by atoms with Gasteiger partial charge in [0.25, 0.3) is 0 Å². The van der Waals surface area contributed by atoms with Gasteiger partial charge in [-0.25, -0.2) is 0 Å². The summed E-state index contributed by atoms with van der Waals surface area (Å²) in [4.78, 5) is 8.69. The lowest BCUT2D eigenvalue weighted by molar-refractivity contribution is 0.324. The molecule has 4 rings (SSSR count). The Labute approximate surface area is 166 Å². The Bertz CT molecular complexity index is 1110. The maximum Gasteiger partial charge on any atom is 0.316 e. The zero-order chi connectivity index (χ0) is 20.4. The topological polar surface area (TPSA) is 106 Å². The zero-order valence-electron chi connectivity index (χ0n) is 16.3.